The maximum Gasteiger partial charge on any atom is 0.144 e. The third kappa shape index (κ3) is 5.61. The molecule has 4 nitrogen and oxygen atoms in total. The van der Waals surface area contributed by atoms with Crippen LogP contribution in [-0.4, -0.2) is 29.5 Å². The minimum Gasteiger partial charge on any atom is -0.409 e. The highest BCUT2D eigenvalue weighted by Gasteiger charge is 2.22. The number of oxime groups is 1. The van der Waals surface area contributed by atoms with Gasteiger partial charge in [-0.05, 0) is 32.0 Å². The Morgan fingerprint density at radius 1 is 1.25 bits per heavy atom. The Kier molecular flexibility index (Phi) is 6.52. The molecule has 0 aromatic heterocycles. The third-order valence-electron chi connectivity index (χ3n) is 3.69. The molecule has 0 saturated heterocycles. The first-order valence-electron chi connectivity index (χ1n) is 7.16. The van der Waals surface area contributed by atoms with E-state index in [-0.39, 0.29) is 5.41 Å². The van der Waals surface area contributed by atoms with Gasteiger partial charge in [0.2, 0.25) is 0 Å². The molecule has 1 rings (SSSR count). The Balaban J connectivity index is 2.24. The topological polar surface area (TPSA) is 61.8 Å². The number of amidine groups is 1. The SMILES string of the molecule is CN(CCCCC(C)(C)/C(N)=N/O)Cc1ccccc1. The van der Waals surface area contributed by atoms with Gasteiger partial charge in [-0.25, -0.2) is 0 Å². The lowest BCUT2D eigenvalue weighted by molar-refractivity contribution is 0.295. The highest BCUT2D eigenvalue weighted by Crippen LogP contribution is 2.23. The van der Waals surface area contributed by atoms with E-state index in [2.05, 4.69) is 41.4 Å². The molecule has 112 valence electrons. The minimum absolute atomic E-state index is 0.229. The summed E-state index contributed by atoms with van der Waals surface area (Å²) < 4.78 is 0. The van der Waals surface area contributed by atoms with Crippen molar-refractivity contribution in [2.75, 3.05) is 13.6 Å². The molecule has 0 spiro atoms. The van der Waals surface area contributed by atoms with Crippen LogP contribution in [0.2, 0.25) is 0 Å². The summed E-state index contributed by atoms with van der Waals surface area (Å²) in [5.74, 6) is 0.315. The molecule has 0 fully saturated rings. The van der Waals surface area contributed by atoms with Crippen LogP contribution in [0, 0.1) is 5.41 Å². The summed E-state index contributed by atoms with van der Waals surface area (Å²) in [6, 6.07) is 10.5. The summed E-state index contributed by atoms with van der Waals surface area (Å²) in [5.41, 5.74) is 6.79. The Hall–Kier alpha value is -1.55. The molecular formula is C16H27N3O. The van der Waals surface area contributed by atoms with Crippen molar-refractivity contribution in [3.63, 3.8) is 0 Å². The summed E-state index contributed by atoms with van der Waals surface area (Å²) in [5, 5.41) is 11.8. The predicted molar refractivity (Wildman–Crippen MR) is 83.8 cm³/mol. The molecule has 1 aromatic carbocycles. The van der Waals surface area contributed by atoms with E-state index >= 15 is 0 Å². The molecule has 1 aromatic rings. The van der Waals surface area contributed by atoms with Crippen LogP contribution >= 0.6 is 0 Å². The number of unbranched alkanes of at least 4 members (excludes halogenated alkanes) is 1. The summed E-state index contributed by atoms with van der Waals surface area (Å²) in [6.45, 7) is 6.05. The Bertz CT molecular complexity index is 415. The van der Waals surface area contributed by atoms with E-state index in [1.54, 1.807) is 0 Å². The fraction of sp³-hybridized carbons (Fsp3) is 0.562. The first-order valence-corrected chi connectivity index (χ1v) is 7.16. The smallest absolute Gasteiger partial charge is 0.144 e. The van der Waals surface area contributed by atoms with Crippen LogP contribution in [0.4, 0.5) is 0 Å². The molecule has 0 atom stereocenters. The molecule has 3 N–H and O–H groups in total. The summed E-state index contributed by atoms with van der Waals surface area (Å²) in [6.07, 6.45) is 3.12. The van der Waals surface area contributed by atoms with Crippen LogP contribution < -0.4 is 5.73 Å². The molecule has 0 aliphatic heterocycles. The van der Waals surface area contributed by atoms with Crippen molar-refractivity contribution >= 4 is 5.84 Å². The molecule has 4 heteroatoms. The second kappa shape index (κ2) is 7.90. The highest BCUT2D eigenvalue weighted by molar-refractivity contribution is 5.85. The summed E-state index contributed by atoms with van der Waals surface area (Å²) >= 11 is 0. The van der Waals surface area contributed by atoms with Gasteiger partial charge in [-0.2, -0.15) is 0 Å². The molecule has 0 heterocycles. The lowest BCUT2D eigenvalue weighted by Gasteiger charge is -2.23. The first-order chi connectivity index (χ1) is 9.45. The Morgan fingerprint density at radius 3 is 2.50 bits per heavy atom. The van der Waals surface area contributed by atoms with Crippen LogP contribution in [0.1, 0.15) is 38.7 Å². The third-order valence-corrected chi connectivity index (χ3v) is 3.69. The van der Waals surface area contributed by atoms with E-state index in [1.807, 2.05) is 19.9 Å². The molecule has 0 aliphatic carbocycles. The molecule has 0 saturated carbocycles. The molecule has 0 bridgehead atoms. The standard InChI is InChI=1S/C16H27N3O/c1-16(2,15(17)18-20)11-7-8-12-19(3)13-14-9-5-4-6-10-14/h4-6,9-10,20H,7-8,11-13H2,1-3H3,(H2,17,18). The van der Waals surface area contributed by atoms with Gasteiger partial charge in [-0.15, -0.1) is 0 Å². The Morgan fingerprint density at radius 2 is 1.90 bits per heavy atom. The van der Waals surface area contributed by atoms with Gasteiger partial charge >= 0.3 is 0 Å². The van der Waals surface area contributed by atoms with Gasteiger partial charge in [0, 0.05) is 12.0 Å². The predicted octanol–water partition coefficient (Wildman–Crippen LogP) is 3.06. The minimum atomic E-state index is -0.229. The maximum atomic E-state index is 8.73. The number of nitrogens with two attached hydrogens (primary N) is 1. The van der Waals surface area contributed by atoms with Gasteiger partial charge in [0.1, 0.15) is 5.84 Å². The van der Waals surface area contributed by atoms with Crippen LogP contribution in [0.3, 0.4) is 0 Å². The van der Waals surface area contributed by atoms with Crippen LogP contribution in [0.25, 0.3) is 0 Å². The highest BCUT2D eigenvalue weighted by atomic mass is 16.4. The van der Waals surface area contributed by atoms with E-state index in [0.717, 1.165) is 32.4 Å². The van der Waals surface area contributed by atoms with Crippen molar-refractivity contribution < 1.29 is 5.21 Å². The van der Waals surface area contributed by atoms with E-state index in [9.17, 15) is 0 Å². The van der Waals surface area contributed by atoms with Crippen molar-refractivity contribution in [2.24, 2.45) is 16.3 Å². The zero-order valence-corrected chi connectivity index (χ0v) is 12.8. The number of benzene rings is 1. The summed E-state index contributed by atoms with van der Waals surface area (Å²) in [7, 11) is 2.14. The van der Waals surface area contributed by atoms with E-state index in [0.29, 0.717) is 5.84 Å². The molecule has 20 heavy (non-hydrogen) atoms. The average molecular weight is 277 g/mol. The number of hydrogen-bond acceptors (Lipinski definition) is 3. The van der Waals surface area contributed by atoms with Crippen LogP contribution in [0.5, 0.6) is 0 Å². The van der Waals surface area contributed by atoms with Crippen molar-refractivity contribution in [1.29, 1.82) is 0 Å². The van der Waals surface area contributed by atoms with Crippen molar-refractivity contribution in [3.05, 3.63) is 35.9 Å². The molecule has 0 aliphatic rings. The fourth-order valence-corrected chi connectivity index (χ4v) is 2.19. The number of rotatable bonds is 8. The molecule has 0 radical (unpaired) electrons. The lowest BCUT2D eigenvalue weighted by atomic mass is 9.86. The molecule has 0 amide bonds. The van der Waals surface area contributed by atoms with Gasteiger partial charge in [-0.1, -0.05) is 55.8 Å². The number of hydrogen-bond donors (Lipinski definition) is 2. The van der Waals surface area contributed by atoms with E-state index in [1.165, 1.54) is 5.56 Å². The summed E-state index contributed by atoms with van der Waals surface area (Å²) in [4.78, 5) is 2.33. The van der Waals surface area contributed by atoms with E-state index in [4.69, 9.17) is 10.9 Å². The van der Waals surface area contributed by atoms with Gasteiger partial charge in [0.25, 0.3) is 0 Å². The quantitative estimate of drug-likeness (QED) is 0.252. The van der Waals surface area contributed by atoms with Crippen molar-refractivity contribution in [3.8, 4) is 0 Å². The second-order valence-corrected chi connectivity index (χ2v) is 6.05. The first kappa shape index (κ1) is 16.5. The van der Waals surface area contributed by atoms with Crippen molar-refractivity contribution in [2.45, 2.75) is 39.7 Å². The normalized spacial score (nSPS) is 12.9. The van der Waals surface area contributed by atoms with E-state index < -0.39 is 0 Å². The van der Waals surface area contributed by atoms with Gasteiger partial charge in [0.15, 0.2) is 0 Å². The fourth-order valence-electron chi connectivity index (χ4n) is 2.19. The second-order valence-electron chi connectivity index (χ2n) is 6.05. The van der Waals surface area contributed by atoms with Gasteiger partial charge < -0.3 is 15.8 Å². The molecule has 0 unspecified atom stereocenters. The zero-order chi connectivity index (χ0) is 15.0. The van der Waals surface area contributed by atoms with Crippen molar-refractivity contribution in [1.82, 2.24) is 4.90 Å². The van der Waals surface area contributed by atoms with Crippen LogP contribution in [-0.2, 0) is 6.54 Å². The monoisotopic (exact) mass is 277 g/mol. The number of nitrogens with zero attached hydrogens (tertiary/aromatic N) is 2. The zero-order valence-electron chi connectivity index (χ0n) is 12.8. The molecular weight excluding hydrogens is 250 g/mol. The average Bonchev–Trinajstić information content (AvgIpc) is 2.43. The van der Waals surface area contributed by atoms with Crippen LogP contribution in [0.15, 0.2) is 35.5 Å². The maximum absolute atomic E-state index is 8.73. The Labute approximate surface area is 122 Å². The largest absolute Gasteiger partial charge is 0.409 e. The van der Waals surface area contributed by atoms with Gasteiger partial charge in [-0.3, -0.25) is 0 Å². The lowest BCUT2D eigenvalue weighted by Crippen LogP contribution is -2.32. The van der Waals surface area contributed by atoms with Gasteiger partial charge in [0.05, 0.1) is 0 Å².